The minimum atomic E-state index is -0.439. The first kappa shape index (κ1) is 20.1. The van der Waals surface area contributed by atoms with Gasteiger partial charge in [0.05, 0.1) is 0 Å². The van der Waals surface area contributed by atoms with Crippen LogP contribution in [0.1, 0.15) is 24.8 Å². The third-order valence-corrected chi connectivity index (χ3v) is 3.85. The van der Waals surface area contributed by atoms with Gasteiger partial charge in [-0.25, -0.2) is 8.78 Å². The fraction of sp³-hybridized carbons (Fsp3) is 0.562. The van der Waals surface area contributed by atoms with Crippen LogP contribution < -0.4 is 10.6 Å². The van der Waals surface area contributed by atoms with Gasteiger partial charge in [0.15, 0.2) is 5.96 Å². The predicted molar refractivity (Wildman–Crippen MR) is 100 cm³/mol. The summed E-state index contributed by atoms with van der Waals surface area (Å²) in [4.78, 5) is 6.52. The molecular formula is C16H25F2IN4. The normalized spacial score (nSPS) is 15.9. The zero-order chi connectivity index (χ0) is 15.8. The Kier molecular flexibility index (Phi) is 9.39. The molecule has 0 saturated carbocycles. The van der Waals surface area contributed by atoms with Gasteiger partial charge in [0.1, 0.15) is 11.6 Å². The van der Waals surface area contributed by atoms with Crippen molar-refractivity contribution >= 4 is 29.9 Å². The molecule has 1 saturated heterocycles. The van der Waals surface area contributed by atoms with Crippen LogP contribution in [0.4, 0.5) is 8.78 Å². The van der Waals surface area contributed by atoms with E-state index in [-0.39, 0.29) is 30.5 Å². The molecule has 1 heterocycles. The number of nitrogens with zero attached hydrogens (tertiary/aromatic N) is 2. The first-order valence-electron chi connectivity index (χ1n) is 7.80. The molecule has 7 heteroatoms. The van der Waals surface area contributed by atoms with Crippen LogP contribution in [-0.4, -0.2) is 44.1 Å². The van der Waals surface area contributed by atoms with Gasteiger partial charge in [-0.2, -0.15) is 0 Å². The number of rotatable bonds is 5. The van der Waals surface area contributed by atoms with Crippen molar-refractivity contribution in [2.24, 2.45) is 4.99 Å². The molecule has 1 aromatic carbocycles. The van der Waals surface area contributed by atoms with Crippen LogP contribution in [0, 0.1) is 11.6 Å². The van der Waals surface area contributed by atoms with Crippen molar-refractivity contribution in [3.63, 3.8) is 0 Å². The Labute approximate surface area is 153 Å². The van der Waals surface area contributed by atoms with E-state index in [1.165, 1.54) is 25.3 Å². The minimum absolute atomic E-state index is 0. The van der Waals surface area contributed by atoms with E-state index >= 15 is 0 Å². The lowest BCUT2D eigenvalue weighted by molar-refractivity contribution is 0.232. The quantitative estimate of drug-likeness (QED) is 0.422. The fourth-order valence-corrected chi connectivity index (χ4v) is 2.59. The zero-order valence-corrected chi connectivity index (χ0v) is 15.8. The van der Waals surface area contributed by atoms with Crippen LogP contribution in [0.25, 0.3) is 0 Å². The molecule has 130 valence electrons. The summed E-state index contributed by atoms with van der Waals surface area (Å²) >= 11 is 0. The van der Waals surface area contributed by atoms with Gasteiger partial charge in [0, 0.05) is 32.2 Å². The molecule has 1 aromatic rings. The van der Waals surface area contributed by atoms with Gasteiger partial charge in [-0.15, -0.1) is 24.0 Å². The first-order chi connectivity index (χ1) is 10.7. The van der Waals surface area contributed by atoms with Crippen LogP contribution in [-0.2, 0) is 6.54 Å². The topological polar surface area (TPSA) is 39.7 Å². The van der Waals surface area contributed by atoms with Crippen LogP contribution in [0.2, 0.25) is 0 Å². The van der Waals surface area contributed by atoms with E-state index in [1.807, 2.05) is 0 Å². The predicted octanol–water partition coefficient (Wildman–Crippen LogP) is 2.73. The highest BCUT2D eigenvalue weighted by atomic mass is 127. The first-order valence-corrected chi connectivity index (χ1v) is 7.80. The maximum absolute atomic E-state index is 13.5. The molecule has 4 nitrogen and oxygen atoms in total. The van der Waals surface area contributed by atoms with E-state index in [0.29, 0.717) is 11.5 Å². The largest absolute Gasteiger partial charge is 0.355 e. The molecule has 1 aliphatic heterocycles. The van der Waals surface area contributed by atoms with Gasteiger partial charge < -0.3 is 15.5 Å². The Morgan fingerprint density at radius 1 is 1.17 bits per heavy atom. The number of benzene rings is 1. The highest BCUT2D eigenvalue weighted by molar-refractivity contribution is 14.0. The number of halogens is 3. The molecule has 0 aromatic heterocycles. The summed E-state index contributed by atoms with van der Waals surface area (Å²) in [7, 11) is 1.66. The summed E-state index contributed by atoms with van der Waals surface area (Å²) in [6.07, 6.45) is 3.87. The van der Waals surface area contributed by atoms with Crippen LogP contribution in [0.3, 0.4) is 0 Å². The molecular weight excluding hydrogens is 413 g/mol. The van der Waals surface area contributed by atoms with Gasteiger partial charge in [-0.3, -0.25) is 4.99 Å². The molecule has 0 radical (unpaired) electrons. The van der Waals surface area contributed by atoms with E-state index in [9.17, 15) is 8.78 Å². The molecule has 0 aliphatic carbocycles. The van der Waals surface area contributed by atoms with Gasteiger partial charge in [0.25, 0.3) is 0 Å². The smallest absolute Gasteiger partial charge is 0.191 e. The summed E-state index contributed by atoms with van der Waals surface area (Å²) in [6.45, 7) is 4.26. The summed E-state index contributed by atoms with van der Waals surface area (Å²) < 4.78 is 26.7. The second-order valence-electron chi connectivity index (χ2n) is 5.49. The van der Waals surface area contributed by atoms with Crippen molar-refractivity contribution in [3.05, 3.63) is 35.4 Å². The molecule has 2 rings (SSSR count). The molecule has 0 unspecified atom stereocenters. The van der Waals surface area contributed by atoms with Crippen LogP contribution in [0.15, 0.2) is 23.2 Å². The zero-order valence-electron chi connectivity index (χ0n) is 13.4. The van der Waals surface area contributed by atoms with E-state index < -0.39 is 11.6 Å². The average molecular weight is 438 g/mol. The SMILES string of the molecule is CN=C(NCCN1CCCCC1)NCc1cc(F)ccc1F.I. The molecule has 0 atom stereocenters. The molecule has 1 aliphatic rings. The number of likely N-dealkylation sites (tertiary alicyclic amines) is 1. The summed E-state index contributed by atoms with van der Waals surface area (Å²) in [6, 6.07) is 3.45. The lowest BCUT2D eigenvalue weighted by Crippen LogP contribution is -2.42. The average Bonchev–Trinajstić information content (AvgIpc) is 2.54. The van der Waals surface area contributed by atoms with E-state index in [0.717, 1.165) is 38.3 Å². The number of hydrogen-bond acceptors (Lipinski definition) is 2. The van der Waals surface area contributed by atoms with Crippen LogP contribution in [0.5, 0.6) is 0 Å². The van der Waals surface area contributed by atoms with Crippen LogP contribution >= 0.6 is 24.0 Å². The van der Waals surface area contributed by atoms with Crippen molar-refractivity contribution < 1.29 is 8.78 Å². The molecule has 1 fully saturated rings. The highest BCUT2D eigenvalue weighted by Crippen LogP contribution is 2.09. The highest BCUT2D eigenvalue weighted by Gasteiger charge is 2.09. The van der Waals surface area contributed by atoms with Gasteiger partial charge in [-0.05, 0) is 44.1 Å². The summed E-state index contributed by atoms with van der Waals surface area (Å²) in [5.41, 5.74) is 0.291. The van der Waals surface area contributed by atoms with Crippen molar-refractivity contribution in [1.82, 2.24) is 15.5 Å². The second-order valence-corrected chi connectivity index (χ2v) is 5.49. The lowest BCUT2D eigenvalue weighted by Gasteiger charge is -2.26. The Hall–Kier alpha value is -0.960. The van der Waals surface area contributed by atoms with Crippen molar-refractivity contribution in [1.29, 1.82) is 0 Å². The monoisotopic (exact) mass is 438 g/mol. The third kappa shape index (κ3) is 6.99. The maximum Gasteiger partial charge on any atom is 0.191 e. The molecule has 0 bridgehead atoms. The van der Waals surface area contributed by atoms with Crippen molar-refractivity contribution in [2.45, 2.75) is 25.8 Å². The molecule has 0 amide bonds. The standard InChI is InChI=1S/C16H24F2N4.HI/c1-19-16(20-7-10-22-8-3-2-4-9-22)21-12-13-11-14(17)5-6-15(13)18;/h5-6,11H,2-4,7-10,12H2,1H3,(H2,19,20,21);1H. The van der Waals surface area contributed by atoms with Gasteiger partial charge in [0.2, 0.25) is 0 Å². The van der Waals surface area contributed by atoms with Crippen molar-refractivity contribution in [2.75, 3.05) is 33.2 Å². The van der Waals surface area contributed by atoms with E-state index in [1.54, 1.807) is 7.05 Å². The molecule has 0 spiro atoms. The van der Waals surface area contributed by atoms with E-state index in [2.05, 4.69) is 20.5 Å². The van der Waals surface area contributed by atoms with Gasteiger partial charge in [-0.1, -0.05) is 6.42 Å². The number of hydrogen-bond donors (Lipinski definition) is 2. The second kappa shape index (κ2) is 10.7. The van der Waals surface area contributed by atoms with Crippen molar-refractivity contribution in [3.8, 4) is 0 Å². The number of piperidine rings is 1. The number of guanidine groups is 1. The fourth-order valence-electron chi connectivity index (χ4n) is 2.59. The summed E-state index contributed by atoms with van der Waals surface area (Å²) in [5.74, 6) is -0.260. The Balaban J connectivity index is 0.00000264. The number of aliphatic imine (C=N–C) groups is 1. The Bertz CT molecular complexity index is 505. The maximum atomic E-state index is 13.5. The molecule has 23 heavy (non-hydrogen) atoms. The lowest BCUT2D eigenvalue weighted by atomic mass is 10.1. The molecule has 2 N–H and O–H groups in total. The van der Waals surface area contributed by atoms with Gasteiger partial charge >= 0.3 is 0 Å². The Morgan fingerprint density at radius 2 is 1.91 bits per heavy atom. The Morgan fingerprint density at radius 3 is 2.61 bits per heavy atom. The summed E-state index contributed by atoms with van der Waals surface area (Å²) in [5, 5.41) is 6.21. The number of nitrogens with one attached hydrogen (secondary N) is 2. The third-order valence-electron chi connectivity index (χ3n) is 3.85. The van der Waals surface area contributed by atoms with E-state index in [4.69, 9.17) is 0 Å². The minimum Gasteiger partial charge on any atom is -0.355 e.